The van der Waals surface area contributed by atoms with Crippen LogP contribution < -0.4 is 4.90 Å². The van der Waals surface area contributed by atoms with E-state index in [-0.39, 0.29) is 11.4 Å². The van der Waals surface area contributed by atoms with Crippen molar-refractivity contribution in [1.82, 2.24) is 4.90 Å². The molecular formula is C30H26N6O4. The van der Waals surface area contributed by atoms with Gasteiger partial charge < -0.3 is 0 Å². The first-order valence-electron chi connectivity index (χ1n) is 12.8. The van der Waals surface area contributed by atoms with Crippen molar-refractivity contribution in [2.75, 3.05) is 18.0 Å². The van der Waals surface area contributed by atoms with Crippen molar-refractivity contribution in [2.24, 2.45) is 9.98 Å². The van der Waals surface area contributed by atoms with Crippen LogP contribution in [0.15, 0.2) is 119 Å². The SMILES string of the molecule is O=[N+]([O-])c1ccc(N=C2N(CCc3ccccc3)C(=NCCc3ccccc3)N2c2ccc([N+](=O)[O-])cc2)cc1. The van der Waals surface area contributed by atoms with E-state index >= 15 is 0 Å². The highest BCUT2D eigenvalue weighted by Crippen LogP contribution is 2.30. The monoisotopic (exact) mass is 534 g/mol. The van der Waals surface area contributed by atoms with Crippen LogP contribution in [0.2, 0.25) is 0 Å². The lowest BCUT2D eigenvalue weighted by molar-refractivity contribution is -0.385. The average molecular weight is 535 g/mol. The van der Waals surface area contributed by atoms with Gasteiger partial charge in [0.15, 0.2) is 0 Å². The Morgan fingerprint density at radius 1 is 0.625 bits per heavy atom. The van der Waals surface area contributed by atoms with E-state index in [1.54, 1.807) is 24.3 Å². The summed E-state index contributed by atoms with van der Waals surface area (Å²) in [6.07, 6.45) is 1.49. The normalized spacial score (nSPS) is 14.8. The Balaban J connectivity index is 1.50. The first-order chi connectivity index (χ1) is 19.5. The molecule has 1 fully saturated rings. The Labute approximate surface area is 230 Å². The van der Waals surface area contributed by atoms with Gasteiger partial charge in [0, 0.05) is 37.4 Å². The van der Waals surface area contributed by atoms with Gasteiger partial charge in [-0.3, -0.25) is 30.1 Å². The molecule has 0 spiro atoms. The van der Waals surface area contributed by atoms with Crippen LogP contribution in [0.5, 0.6) is 0 Å². The predicted octanol–water partition coefficient (Wildman–Crippen LogP) is 6.15. The second kappa shape index (κ2) is 12.0. The molecule has 10 nitrogen and oxygen atoms in total. The maximum atomic E-state index is 11.2. The zero-order chi connectivity index (χ0) is 27.9. The van der Waals surface area contributed by atoms with Gasteiger partial charge in [-0.15, -0.1) is 0 Å². The molecule has 200 valence electrons. The van der Waals surface area contributed by atoms with E-state index in [2.05, 4.69) is 24.3 Å². The number of rotatable bonds is 10. The third-order valence-electron chi connectivity index (χ3n) is 6.45. The summed E-state index contributed by atoms with van der Waals surface area (Å²) in [6, 6.07) is 32.4. The standard InChI is InChI=1S/C30H26N6O4/c37-35(38)27-13-11-25(12-14-27)32-30-33(22-20-24-9-5-2-6-10-24)29(31-21-19-23-7-3-1-4-8-23)34(30)26-15-17-28(18-16-26)36(39)40/h1-18H,19-22H2. The lowest BCUT2D eigenvalue weighted by Gasteiger charge is -2.46. The van der Waals surface area contributed by atoms with Crippen LogP contribution >= 0.6 is 0 Å². The van der Waals surface area contributed by atoms with E-state index in [4.69, 9.17) is 9.98 Å². The van der Waals surface area contributed by atoms with Gasteiger partial charge >= 0.3 is 0 Å². The second-order valence-electron chi connectivity index (χ2n) is 9.10. The fraction of sp³-hybridized carbons (Fsp3) is 0.133. The molecule has 0 bridgehead atoms. The lowest BCUT2D eigenvalue weighted by atomic mass is 10.1. The second-order valence-corrected chi connectivity index (χ2v) is 9.10. The fourth-order valence-electron chi connectivity index (χ4n) is 4.38. The summed E-state index contributed by atoms with van der Waals surface area (Å²) in [5.74, 6) is 1.26. The van der Waals surface area contributed by atoms with E-state index in [1.165, 1.54) is 29.8 Å². The molecule has 0 unspecified atom stereocenters. The maximum absolute atomic E-state index is 11.2. The van der Waals surface area contributed by atoms with E-state index in [1.807, 2.05) is 46.2 Å². The summed E-state index contributed by atoms with van der Waals surface area (Å²) in [7, 11) is 0. The fourth-order valence-corrected chi connectivity index (χ4v) is 4.38. The zero-order valence-corrected chi connectivity index (χ0v) is 21.5. The molecule has 0 saturated carbocycles. The molecule has 40 heavy (non-hydrogen) atoms. The Kier molecular flexibility index (Phi) is 7.87. The quantitative estimate of drug-likeness (QED) is 0.178. The average Bonchev–Trinajstić information content (AvgIpc) is 2.98. The molecule has 1 saturated heterocycles. The third-order valence-corrected chi connectivity index (χ3v) is 6.45. The summed E-state index contributed by atoms with van der Waals surface area (Å²) in [5.41, 5.74) is 3.52. The highest BCUT2D eigenvalue weighted by molar-refractivity contribution is 6.32. The highest BCUT2D eigenvalue weighted by atomic mass is 16.6. The number of nitrogens with zero attached hydrogens (tertiary/aromatic N) is 6. The summed E-state index contributed by atoms with van der Waals surface area (Å²) in [4.78, 5) is 35.1. The molecule has 0 N–H and O–H groups in total. The van der Waals surface area contributed by atoms with Crippen molar-refractivity contribution in [3.63, 3.8) is 0 Å². The molecule has 1 heterocycles. The van der Waals surface area contributed by atoms with Crippen LogP contribution in [0.4, 0.5) is 22.7 Å². The maximum Gasteiger partial charge on any atom is 0.269 e. The first-order valence-corrected chi connectivity index (χ1v) is 12.8. The Hall–Kier alpha value is -5.38. The number of hydrogen-bond acceptors (Lipinski definition) is 6. The highest BCUT2D eigenvalue weighted by Gasteiger charge is 2.40. The molecule has 1 aliphatic heterocycles. The minimum Gasteiger partial charge on any atom is -0.281 e. The van der Waals surface area contributed by atoms with Gasteiger partial charge in [-0.2, -0.15) is 0 Å². The number of nitro benzene ring substituents is 2. The molecule has 0 aliphatic carbocycles. The van der Waals surface area contributed by atoms with Crippen LogP contribution in [0, 0.1) is 20.2 Å². The van der Waals surface area contributed by atoms with Crippen molar-refractivity contribution in [3.8, 4) is 0 Å². The lowest BCUT2D eigenvalue weighted by Crippen LogP contribution is -2.66. The molecule has 4 aromatic carbocycles. The van der Waals surface area contributed by atoms with Gasteiger partial charge in [-0.05, 0) is 48.2 Å². The van der Waals surface area contributed by atoms with Crippen LogP contribution in [0.25, 0.3) is 0 Å². The van der Waals surface area contributed by atoms with Crippen molar-refractivity contribution >= 4 is 34.7 Å². The zero-order valence-electron chi connectivity index (χ0n) is 21.5. The van der Waals surface area contributed by atoms with Crippen molar-refractivity contribution in [1.29, 1.82) is 0 Å². The number of hydrogen-bond donors (Lipinski definition) is 0. The van der Waals surface area contributed by atoms with Gasteiger partial charge in [-0.25, -0.2) is 9.89 Å². The molecule has 0 amide bonds. The van der Waals surface area contributed by atoms with Crippen LogP contribution in [0.1, 0.15) is 11.1 Å². The third kappa shape index (κ3) is 6.02. The predicted molar refractivity (Wildman–Crippen MR) is 155 cm³/mol. The van der Waals surface area contributed by atoms with E-state index in [0.717, 1.165) is 18.4 Å². The molecule has 1 aliphatic rings. The van der Waals surface area contributed by atoms with Crippen molar-refractivity contribution < 1.29 is 9.85 Å². The summed E-state index contributed by atoms with van der Waals surface area (Å²) < 4.78 is 0. The number of nitro groups is 2. The molecule has 10 heteroatoms. The van der Waals surface area contributed by atoms with Crippen molar-refractivity contribution in [2.45, 2.75) is 12.8 Å². The first kappa shape index (κ1) is 26.2. The topological polar surface area (TPSA) is 117 Å². The molecule has 0 radical (unpaired) electrons. The van der Waals surface area contributed by atoms with Crippen molar-refractivity contribution in [3.05, 3.63) is 141 Å². The van der Waals surface area contributed by atoms with Gasteiger partial charge in [0.1, 0.15) is 0 Å². The molecule has 5 rings (SSSR count). The van der Waals surface area contributed by atoms with Crippen LogP contribution in [-0.2, 0) is 12.8 Å². The number of benzene rings is 4. The largest absolute Gasteiger partial charge is 0.281 e. The Bertz CT molecular complexity index is 1540. The molecular weight excluding hydrogens is 508 g/mol. The van der Waals surface area contributed by atoms with Gasteiger partial charge in [0.2, 0.25) is 11.9 Å². The van der Waals surface area contributed by atoms with E-state index in [9.17, 15) is 20.2 Å². The molecule has 0 atom stereocenters. The smallest absolute Gasteiger partial charge is 0.269 e. The summed E-state index contributed by atoms with van der Waals surface area (Å²) >= 11 is 0. The minimum atomic E-state index is -0.451. The van der Waals surface area contributed by atoms with Crippen LogP contribution in [0.3, 0.4) is 0 Å². The molecule has 0 aromatic heterocycles. The summed E-state index contributed by atoms with van der Waals surface area (Å²) in [5, 5.41) is 22.4. The summed E-state index contributed by atoms with van der Waals surface area (Å²) in [6.45, 7) is 1.14. The Morgan fingerprint density at radius 2 is 1.15 bits per heavy atom. The van der Waals surface area contributed by atoms with Crippen LogP contribution in [-0.4, -0.2) is 39.8 Å². The number of guanidine groups is 2. The van der Waals surface area contributed by atoms with E-state index in [0.29, 0.717) is 36.4 Å². The number of anilines is 1. The Morgan fingerprint density at radius 3 is 1.70 bits per heavy atom. The van der Waals surface area contributed by atoms with E-state index < -0.39 is 9.85 Å². The number of non-ortho nitro benzene ring substituents is 2. The van der Waals surface area contributed by atoms with Gasteiger partial charge in [0.25, 0.3) is 11.4 Å². The minimum absolute atomic E-state index is 0.0124. The van der Waals surface area contributed by atoms with Gasteiger partial charge in [-0.1, -0.05) is 60.7 Å². The number of aliphatic imine (C=N–C) groups is 2. The molecule has 4 aromatic rings. The van der Waals surface area contributed by atoms with Gasteiger partial charge in [0.05, 0.1) is 21.2 Å².